The highest BCUT2D eigenvalue weighted by Crippen LogP contribution is 2.64. The van der Waals surface area contributed by atoms with E-state index in [1.165, 1.54) is 27.8 Å². The summed E-state index contributed by atoms with van der Waals surface area (Å²) in [6.07, 6.45) is 8.47. The molecule has 2 fully saturated rings. The Balaban J connectivity index is 1.39. The van der Waals surface area contributed by atoms with Crippen LogP contribution in [0.25, 0.3) is 0 Å². The van der Waals surface area contributed by atoms with Gasteiger partial charge in [-0.15, -0.1) is 0 Å². The van der Waals surface area contributed by atoms with Gasteiger partial charge < -0.3 is 9.47 Å². The highest BCUT2D eigenvalue weighted by Gasteiger charge is 2.54. The highest BCUT2D eigenvalue weighted by atomic mass is 16.5. The van der Waals surface area contributed by atoms with Crippen LogP contribution in [0.5, 0.6) is 11.5 Å². The second kappa shape index (κ2) is 10.5. The molecule has 4 aromatic rings. The average Bonchev–Trinajstić information content (AvgIpc) is 3.79. The van der Waals surface area contributed by atoms with Crippen LogP contribution in [0.15, 0.2) is 91.0 Å². The monoisotopic (exact) mass is 568 g/mol. The molecule has 0 unspecified atom stereocenters. The van der Waals surface area contributed by atoms with E-state index >= 15 is 0 Å². The number of rotatable bonds is 6. The van der Waals surface area contributed by atoms with E-state index in [4.69, 9.17) is 9.47 Å². The number of hydrogen-bond donors (Lipinski definition) is 0. The van der Waals surface area contributed by atoms with Gasteiger partial charge in [-0.2, -0.15) is 0 Å². The van der Waals surface area contributed by atoms with Crippen LogP contribution in [-0.2, 0) is 21.4 Å². The smallest absolute Gasteiger partial charge is 0.314 e. The van der Waals surface area contributed by atoms with Crippen molar-refractivity contribution in [1.82, 2.24) is 0 Å². The lowest BCUT2D eigenvalue weighted by Crippen LogP contribution is -2.44. The van der Waals surface area contributed by atoms with Crippen LogP contribution in [0.2, 0.25) is 0 Å². The Morgan fingerprint density at radius 3 is 1.67 bits per heavy atom. The molecule has 0 amide bonds. The summed E-state index contributed by atoms with van der Waals surface area (Å²) in [5.41, 5.74) is 7.42. The van der Waals surface area contributed by atoms with Crippen LogP contribution >= 0.6 is 0 Å². The number of carbonyl (C=O) groups is 2. The third-order valence-corrected chi connectivity index (χ3v) is 10.5. The van der Waals surface area contributed by atoms with Crippen LogP contribution in [0.4, 0.5) is 0 Å². The molecule has 0 aliphatic heterocycles. The zero-order chi connectivity index (χ0) is 29.0. The van der Waals surface area contributed by atoms with Crippen molar-refractivity contribution in [1.29, 1.82) is 0 Å². The highest BCUT2D eigenvalue weighted by molar-refractivity contribution is 5.83. The number of hydrogen-bond acceptors (Lipinski definition) is 4. The summed E-state index contributed by atoms with van der Waals surface area (Å²) in [5, 5.41) is 0. The summed E-state index contributed by atoms with van der Waals surface area (Å²) >= 11 is 0. The Labute approximate surface area is 253 Å². The van der Waals surface area contributed by atoms with E-state index in [1.807, 2.05) is 18.2 Å². The first-order valence-electron chi connectivity index (χ1n) is 16.0. The van der Waals surface area contributed by atoms with E-state index in [0.717, 1.165) is 62.5 Å². The quantitative estimate of drug-likeness (QED) is 0.174. The lowest BCUT2D eigenvalue weighted by molar-refractivity contribution is -0.139. The van der Waals surface area contributed by atoms with Gasteiger partial charge in [0.2, 0.25) is 0 Å². The maximum Gasteiger partial charge on any atom is 0.314 e. The third-order valence-electron chi connectivity index (χ3n) is 10.5. The second-order valence-corrected chi connectivity index (χ2v) is 12.8. The third kappa shape index (κ3) is 4.17. The Kier molecular flexibility index (Phi) is 6.47. The average molecular weight is 569 g/mol. The van der Waals surface area contributed by atoms with Crippen LogP contribution in [0.3, 0.4) is 0 Å². The lowest BCUT2D eigenvalue weighted by atomic mass is 9.51. The van der Waals surface area contributed by atoms with Gasteiger partial charge in [0.15, 0.2) is 0 Å². The lowest BCUT2D eigenvalue weighted by Gasteiger charge is -2.51. The molecule has 216 valence electrons. The second-order valence-electron chi connectivity index (χ2n) is 12.8. The Morgan fingerprint density at radius 1 is 0.605 bits per heavy atom. The number of carbonyl (C=O) groups excluding carboxylic acids is 2. The van der Waals surface area contributed by atoms with Gasteiger partial charge in [0, 0.05) is 17.0 Å². The first-order valence-corrected chi connectivity index (χ1v) is 16.0. The topological polar surface area (TPSA) is 52.6 Å². The summed E-state index contributed by atoms with van der Waals surface area (Å²) in [5.74, 6) is 0.645. The Hall–Kier alpha value is -4.18. The molecule has 5 aliphatic rings. The van der Waals surface area contributed by atoms with Crippen molar-refractivity contribution in [3.63, 3.8) is 0 Å². The number of ether oxygens (including phenoxy) is 2. The summed E-state index contributed by atoms with van der Waals surface area (Å²) < 4.78 is 12.8. The molecule has 0 saturated heterocycles. The van der Waals surface area contributed by atoms with Gasteiger partial charge in [0.25, 0.3) is 0 Å². The van der Waals surface area contributed by atoms with Crippen LogP contribution in [-0.4, -0.2) is 11.9 Å². The molecule has 4 nitrogen and oxygen atoms in total. The van der Waals surface area contributed by atoms with Crippen LogP contribution < -0.4 is 9.47 Å². The van der Waals surface area contributed by atoms with Crippen LogP contribution in [0.1, 0.15) is 96.2 Å². The van der Waals surface area contributed by atoms with E-state index in [1.54, 1.807) is 0 Å². The van der Waals surface area contributed by atoms with Gasteiger partial charge in [-0.25, -0.2) is 0 Å². The van der Waals surface area contributed by atoms with E-state index in [-0.39, 0.29) is 29.7 Å². The predicted octanol–water partition coefficient (Wildman–Crippen LogP) is 8.26. The Bertz CT molecular complexity index is 1660. The van der Waals surface area contributed by atoms with Crippen molar-refractivity contribution in [2.75, 3.05) is 0 Å². The summed E-state index contributed by atoms with van der Waals surface area (Å²) in [6, 6.07) is 31.7. The SMILES string of the molecule is O=C(Oc1ccc(OC(=O)C2CCCC2)c2c1C1c3ccccc3C2(Cc2ccccc2)c2ccccc21)C1CCCC1. The fraction of sp³-hybridized carbons (Fsp3) is 0.333. The fourth-order valence-corrected chi connectivity index (χ4v) is 8.54. The van der Waals surface area contributed by atoms with Crippen molar-refractivity contribution in [3.8, 4) is 11.5 Å². The van der Waals surface area contributed by atoms with Gasteiger partial charge in [0.05, 0.1) is 17.3 Å². The first-order chi connectivity index (χ1) is 21.1. The first kappa shape index (κ1) is 26.4. The van der Waals surface area contributed by atoms with Crippen LogP contribution in [0, 0.1) is 11.8 Å². The molecule has 4 aromatic carbocycles. The standard InChI is InChI=1S/C39H36O4/c40-37(26-14-4-5-15-26)42-32-22-23-33(43-38(41)27-16-6-7-17-27)36-35(32)34-28-18-8-10-20-30(28)39(36,24-25-12-2-1-3-13-25)31-21-11-9-19-29(31)34/h1-3,8-13,18-23,26-27,34H,4-7,14-17,24H2. The van der Waals surface area contributed by atoms with E-state index in [9.17, 15) is 9.59 Å². The van der Waals surface area contributed by atoms with Crippen molar-refractivity contribution in [3.05, 3.63) is 130 Å². The summed E-state index contributed by atoms with van der Waals surface area (Å²) in [4.78, 5) is 27.1. The van der Waals surface area contributed by atoms with Crippen molar-refractivity contribution in [2.24, 2.45) is 11.8 Å². The minimum Gasteiger partial charge on any atom is -0.426 e. The van der Waals surface area contributed by atoms with Gasteiger partial charge in [-0.05, 0) is 72.1 Å². The molecular formula is C39H36O4. The van der Waals surface area contributed by atoms with Gasteiger partial charge in [-0.3, -0.25) is 9.59 Å². The molecule has 0 heterocycles. The maximum atomic E-state index is 13.6. The predicted molar refractivity (Wildman–Crippen MR) is 165 cm³/mol. The largest absolute Gasteiger partial charge is 0.426 e. The molecule has 5 aliphatic carbocycles. The molecule has 43 heavy (non-hydrogen) atoms. The molecular weight excluding hydrogens is 532 g/mol. The zero-order valence-corrected chi connectivity index (χ0v) is 24.4. The van der Waals surface area contributed by atoms with E-state index < -0.39 is 5.41 Å². The van der Waals surface area contributed by atoms with Crippen molar-refractivity contribution in [2.45, 2.75) is 69.1 Å². The van der Waals surface area contributed by atoms with E-state index in [0.29, 0.717) is 17.9 Å². The van der Waals surface area contributed by atoms with Gasteiger partial charge >= 0.3 is 11.9 Å². The molecule has 2 saturated carbocycles. The zero-order valence-electron chi connectivity index (χ0n) is 24.4. The minimum atomic E-state index is -0.625. The fourth-order valence-electron chi connectivity index (χ4n) is 8.54. The van der Waals surface area contributed by atoms with Gasteiger partial charge in [-0.1, -0.05) is 105 Å². The summed E-state index contributed by atoms with van der Waals surface area (Å²) in [7, 11) is 0. The molecule has 4 heteroatoms. The number of benzene rings is 4. The van der Waals surface area contributed by atoms with Crippen molar-refractivity contribution < 1.29 is 19.1 Å². The minimum absolute atomic E-state index is 0.0610. The molecule has 0 radical (unpaired) electrons. The molecule has 0 atom stereocenters. The normalized spacial score (nSPS) is 22.1. The van der Waals surface area contributed by atoms with Crippen molar-refractivity contribution >= 4 is 11.9 Å². The molecule has 2 bridgehead atoms. The molecule has 9 rings (SSSR count). The number of esters is 2. The Morgan fingerprint density at radius 2 is 1.09 bits per heavy atom. The molecule has 0 aromatic heterocycles. The molecule has 0 N–H and O–H groups in total. The molecule has 0 spiro atoms. The van der Waals surface area contributed by atoms with Gasteiger partial charge in [0.1, 0.15) is 11.5 Å². The van der Waals surface area contributed by atoms with E-state index in [2.05, 4.69) is 72.8 Å². The summed E-state index contributed by atoms with van der Waals surface area (Å²) in [6.45, 7) is 0. The maximum absolute atomic E-state index is 13.6.